The van der Waals surface area contributed by atoms with Gasteiger partial charge in [-0.25, -0.2) is 4.98 Å². The normalized spacial score (nSPS) is 15.4. The van der Waals surface area contributed by atoms with Crippen LogP contribution in [0.1, 0.15) is 12.8 Å². The minimum atomic E-state index is -0.542. The van der Waals surface area contributed by atoms with Crippen LogP contribution < -0.4 is 20.1 Å². The van der Waals surface area contributed by atoms with Gasteiger partial charge in [0.25, 0.3) is 0 Å². The van der Waals surface area contributed by atoms with E-state index in [9.17, 15) is 5.11 Å². The van der Waals surface area contributed by atoms with Gasteiger partial charge in [-0.15, -0.1) is 0 Å². The number of β-amino-alcohol motifs (C(OH)–C–C–N with tert-alkyl or cyclic N) is 1. The summed E-state index contributed by atoms with van der Waals surface area (Å²) in [7, 11) is 3.40. The third kappa shape index (κ3) is 5.45. The number of hydrogen-bond donors (Lipinski definition) is 3. The Morgan fingerprint density at radius 2 is 2.04 bits per heavy atom. The summed E-state index contributed by atoms with van der Waals surface area (Å²) in [5.41, 5.74) is 0.771. The van der Waals surface area contributed by atoms with Crippen molar-refractivity contribution in [2.75, 3.05) is 51.0 Å². The minimum absolute atomic E-state index is 0.210. The number of anilines is 3. The van der Waals surface area contributed by atoms with Crippen molar-refractivity contribution in [1.82, 2.24) is 14.9 Å². The first kappa shape index (κ1) is 19.2. The van der Waals surface area contributed by atoms with Crippen molar-refractivity contribution in [3.8, 4) is 11.5 Å². The Bertz CT molecular complexity index is 737. The van der Waals surface area contributed by atoms with E-state index in [4.69, 9.17) is 9.47 Å². The first-order chi connectivity index (χ1) is 13.2. The van der Waals surface area contributed by atoms with Gasteiger partial charge in [0.05, 0.1) is 7.11 Å². The molecule has 0 bridgehead atoms. The van der Waals surface area contributed by atoms with E-state index in [1.54, 1.807) is 26.4 Å². The lowest BCUT2D eigenvalue weighted by atomic mass is 10.2. The molecule has 3 rings (SSSR count). The summed E-state index contributed by atoms with van der Waals surface area (Å²) in [5, 5.41) is 16.4. The molecule has 1 fully saturated rings. The number of likely N-dealkylation sites (tertiary alicyclic amines) is 1. The molecule has 2 aromatic rings. The Hall–Kier alpha value is -2.58. The summed E-state index contributed by atoms with van der Waals surface area (Å²) in [6.07, 6.45) is 3.54. The van der Waals surface area contributed by atoms with E-state index in [0.717, 1.165) is 24.6 Å². The Balaban J connectivity index is 1.63. The van der Waals surface area contributed by atoms with E-state index < -0.39 is 6.10 Å². The molecule has 1 aliphatic rings. The first-order valence-corrected chi connectivity index (χ1v) is 9.17. The van der Waals surface area contributed by atoms with Crippen molar-refractivity contribution in [1.29, 1.82) is 0 Å². The van der Waals surface area contributed by atoms with Crippen molar-refractivity contribution in [2.45, 2.75) is 18.9 Å². The van der Waals surface area contributed by atoms with E-state index in [1.165, 1.54) is 12.8 Å². The molecule has 0 amide bonds. The van der Waals surface area contributed by atoms with Crippen molar-refractivity contribution in [3.05, 3.63) is 30.5 Å². The Labute approximate surface area is 159 Å². The smallest absolute Gasteiger partial charge is 0.229 e. The Morgan fingerprint density at radius 1 is 1.22 bits per heavy atom. The lowest BCUT2D eigenvalue weighted by Crippen LogP contribution is -2.33. The second kappa shape index (κ2) is 9.38. The lowest BCUT2D eigenvalue weighted by Gasteiger charge is -2.20. The van der Waals surface area contributed by atoms with Crippen LogP contribution in [0.25, 0.3) is 0 Å². The average Bonchev–Trinajstić information content (AvgIpc) is 3.19. The number of aliphatic hydroxyl groups is 1. The average molecular weight is 373 g/mol. The molecule has 1 atom stereocenters. The third-order valence-electron chi connectivity index (χ3n) is 4.43. The van der Waals surface area contributed by atoms with Gasteiger partial charge in [0.1, 0.15) is 18.5 Å². The van der Waals surface area contributed by atoms with Gasteiger partial charge in [-0.2, -0.15) is 4.98 Å². The highest BCUT2D eigenvalue weighted by Gasteiger charge is 2.17. The van der Waals surface area contributed by atoms with E-state index in [-0.39, 0.29) is 6.61 Å². The summed E-state index contributed by atoms with van der Waals surface area (Å²) in [6.45, 7) is 2.93. The van der Waals surface area contributed by atoms with Crippen LogP contribution in [0.5, 0.6) is 11.5 Å². The van der Waals surface area contributed by atoms with Crippen LogP contribution in [0.15, 0.2) is 30.5 Å². The molecule has 0 radical (unpaired) electrons. The summed E-state index contributed by atoms with van der Waals surface area (Å²) in [5.74, 6) is 2.38. The minimum Gasteiger partial charge on any atom is -0.493 e. The second-order valence-electron chi connectivity index (χ2n) is 6.48. The molecule has 1 saturated heterocycles. The standard InChI is InChI=1S/C19H27N5O3/c1-20-18-7-8-21-19(23-18)22-14-5-6-16(26-2)17(11-14)27-13-15(25)12-24-9-3-4-10-24/h5-8,11,15,25H,3-4,9-10,12-13H2,1-2H3,(H2,20,21,22,23)/t15-/m1/s1. The maximum absolute atomic E-state index is 10.2. The molecule has 3 N–H and O–H groups in total. The third-order valence-corrected chi connectivity index (χ3v) is 4.43. The van der Waals surface area contributed by atoms with Crippen LogP contribution in [-0.2, 0) is 0 Å². The number of hydrogen-bond acceptors (Lipinski definition) is 8. The maximum atomic E-state index is 10.2. The fraction of sp³-hybridized carbons (Fsp3) is 0.474. The SMILES string of the molecule is CNc1ccnc(Nc2ccc(OC)c(OC[C@H](O)CN3CCCC3)c2)n1. The highest BCUT2D eigenvalue weighted by atomic mass is 16.5. The van der Waals surface area contributed by atoms with Crippen molar-refractivity contribution in [2.24, 2.45) is 0 Å². The van der Waals surface area contributed by atoms with Gasteiger partial charge in [0.2, 0.25) is 5.95 Å². The molecule has 27 heavy (non-hydrogen) atoms. The molecule has 0 unspecified atom stereocenters. The fourth-order valence-corrected chi connectivity index (χ4v) is 3.06. The summed E-state index contributed by atoms with van der Waals surface area (Å²) in [6, 6.07) is 7.28. The van der Waals surface area contributed by atoms with Gasteiger partial charge in [-0.1, -0.05) is 0 Å². The molecule has 146 valence electrons. The van der Waals surface area contributed by atoms with Gasteiger partial charge in [0.15, 0.2) is 11.5 Å². The number of nitrogens with one attached hydrogen (secondary N) is 2. The molecule has 0 aliphatic carbocycles. The molecule has 8 heteroatoms. The predicted octanol–water partition coefficient (Wildman–Crippen LogP) is 2.11. The molecular weight excluding hydrogens is 346 g/mol. The Kier molecular flexibility index (Phi) is 6.67. The number of nitrogens with zero attached hydrogens (tertiary/aromatic N) is 3. The van der Waals surface area contributed by atoms with Crippen molar-refractivity contribution < 1.29 is 14.6 Å². The highest BCUT2D eigenvalue weighted by Crippen LogP contribution is 2.31. The largest absolute Gasteiger partial charge is 0.493 e. The highest BCUT2D eigenvalue weighted by molar-refractivity contribution is 5.60. The zero-order valence-corrected chi connectivity index (χ0v) is 15.8. The topological polar surface area (TPSA) is 91.8 Å². The zero-order chi connectivity index (χ0) is 19.1. The summed E-state index contributed by atoms with van der Waals surface area (Å²) < 4.78 is 11.2. The van der Waals surface area contributed by atoms with Crippen LogP contribution in [0.4, 0.5) is 17.5 Å². The number of methoxy groups -OCH3 is 1. The van der Waals surface area contributed by atoms with Crippen LogP contribution in [0.2, 0.25) is 0 Å². The number of ether oxygens (including phenoxy) is 2. The molecule has 8 nitrogen and oxygen atoms in total. The molecular formula is C19H27N5O3. The Morgan fingerprint density at radius 3 is 2.78 bits per heavy atom. The van der Waals surface area contributed by atoms with Crippen molar-refractivity contribution in [3.63, 3.8) is 0 Å². The van der Waals surface area contributed by atoms with Gasteiger partial charge >= 0.3 is 0 Å². The monoisotopic (exact) mass is 373 g/mol. The van der Waals surface area contributed by atoms with Crippen LogP contribution in [0.3, 0.4) is 0 Å². The lowest BCUT2D eigenvalue weighted by molar-refractivity contribution is 0.0747. The van der Waals surface area contributed by atoms with E-state index in [0.29, 0.717) is 24.0 Å². The number of aliphatic hydroxyl groups excluding tert-OH is 1. The fourth-order valence-electron chi connectivity index (χ4n) is 3.06. The first-order valence-electron chi connectivity index (χ1n) is 9.17. The van der Waals surface area contributed by atoms with E-state index in [1.807, 2.05) is 18.2 Å². The quantitative estimate of drug-likeness (QED) is 0.616. The molecule has 0 saturated carbocycles. The summed E-state index contributed by atoms with van der Waals surface area (Å²) >= 11 is 0. The second-order valence-corrected chi connectivity index (χ2v) is 6.48. The number of rotatable bonds is 9. The zero-order valence-electron chi connectivity index (χ0n) is 15.8. The maximum Gasteiger partial charge on any atom is 0.229 e. The van der Waals surface area contributed by atoms with Crippen LogP contribution in [0, 0.1) is 0 Å². The number of aromatic nitrogens is 2. The molecule has 1 aromatic heterocycles. The van der Waals surface area contributed by atoms with E-state index in [2.05, 4.69) is 25.5 Å². The molecule has 1 aromatic carbocycles. The molecule has 2 heterocycles. The van der Waals surface area contributed by atoms with Gasteiger partial charge in [0, 0.05) is 31.5 Å². The molecule has 0 spiro atoms. The van der Waals surface area contributed by atoms with Gasteiger partial charge in [-0.3, -0.25) is 0 Å². The van der Waals surface area contributed by atoms with Crippen LogP contribution in [-0.4, -0.2) is 66.5 Å². The van der Waals surface area contributed by atoms with Crippen LogP contribution >= 0.6 is 0 Å². The van der Waals surface area contributed by atoms with E-state index >= 15 is 0 Å². The predicted molar refractivity (Wildman–Crippen MR) is 105 cm³/mol. The van der Waals surface area contributed by atoms with Gasteiger partial charge in [-0.05, 0) is 44.1 Å². The van der Waals surface area contributed by atoms with Gasteiger partial charge < -0.3 is 30.1 Å². The molecule has 1 aliphatic heterocycles. The number of benzene rings is 1. The summed E-state index contributed by atoms with van der Waals surface area (Å²) in [4.78, 5) is 10.8. The van der Waals surface area contributed by atoms with Crippen molar-refractivity contribution >= 4 is 17.5 Å².